The molecule has 2 heterocycles. The van der Waals surface area contributed by atoms with Crippen LogP contribution < -0.4 is 5.32 Å². The summed E-state index contributed by atoms with van der Waals surface area (Å²) in [6, 6.07) is 0.725. The number of thioether (sulfide) groups is 1. The minimum absolute atomic E-state index is 0.725. The van der Waals surface area contributed by atoms with Gasteiger partial charge in [-0.3, -0.25) is 4.99 Å². The predicted octanol–water partition coefficient (Wildman–Crippen LogP) is 1.66. The van der Waals surface area contributed by atoms with Crippen molar-refractivity contribution in [1.82, 2.24) is 5.32 Å². The lowest BCUT2D eigenvalue weighted by Crippen LogP contribution is -2.35. The Bertz CT molecular complexity index is 173. The largest absolute Gasteiger partial charge is 0.314 e. The lowest BCUT2D eigenvalue weighted by Gasteiger charge is -2.22. The molecule has 0 aliphatic carbocycles. The molecule has 2 aliphatic heterocycles. The normalized spacial score (nSPS) is 30.3. The van der Waals surface area contributed by atoms with E-state index in [0.29, 0.717) is 0 Å². The van der Waals surface area contributed by atoms with Crippen LogP contribution in [0.1, 0.15) is 25.7 Å². The Morgan fingerprint density at radius 2 is 2.50 bits per heavy atom. The van der Waals surface area contributed by atoms with Crippen molar-refractivity contribution >= 4 is 16.8 Å². The zero-order valence-corrected chi connectivity index (χ0v) is 8.20. The number of nitrogens with one attached hydrogen (secondary N) is 1. The fourth-order valence-electron chi connectivity index (χ4n) is 1.81. The Morgan fingerprint density at radius 3 is 3.17 bits per heavy atom. The first-order chi connectivity index (χ1) is 5.95. The second-order valence-electron chi connectivity index (χ2n) is 3.47. The van der Waals surface area contributed by atoms with Gasteiger partial charge in [-0.1, -0.05) is 6.42 Å². The number of aliphatic imine (C=N–C) groups is 1. The molecule has 0 saturated carbocycles. The highest BCUT2D eigenvalue weighted by molar-refractivity contribution is 8.14. The van der Waals surface area contributed by atoms with E-state index in [1.807, 2.05) is 11.8 Å². The van der Waals surface area contributed by atoms with Gasteiger partial charge < -0.3 is 5.32 Å². The summed E-state index contributed by atoms with van der Waals surface area (Å²) in [6.07, 6.45) is 5.29. The van der Waals surface area contributed by atoms with Gasteiger partial charge in [-0.05, 0) is 19.4 Å². The van der Waals surface area contributed by atoms with Crippen molar-refractivity contribution in [3.63, 3.8) is 0 Å². The lowest BCUT2D eigenvalue weighted by atomic mass is 10.0. The summed E-state index contributed by atoms with van der Waals surface area (Å²) >= 11 is 1.95. The lowest BCUT2D eigenvalue weighted by molar-refractivity contribution is 0.411. The molecular formula is C9H16N2S. The Kier molecular flexibility index (Phi) is 3.06. The monoisotopic (exact) mass is 184 g/mol. The Hall–Kier alpha value is -0.0200. The van der Waals surface area contributed by atoms with E-state index in [2.05, 4.69) is 10.3 Å². The minimum Gasteiger partial charge on any atom is -0.314 e. The molecule has 1 saturated heterocycles. The van der Waals surface area contributed by atoms with Crippen LogP contribution in [0.2, 0.25) is 0 Å². The molecule has 2 nitrogen and oxygen atoms in total. The van der Waals surface area contributed by atoms with E-state index in [0.717, 1.165) is 12.6 Å². The number of rotatable bonds is 2. The average Bonchev–Trinajstić information content (AvgIpc) is 2.59. The summed E-state index contributed by atoms with van der Waals surface area (Å²) in [7, 11) is 0. The van der Waals surface area contributed by atoms with Crippen molar-refractivity contribution in [3.8, 4) is 0 Å². The van der Waals surface area contributed by atoms with E-state index in [1.54, 1.807) is 0 Å². The number of hydrogen-bond acceptors (Lipinski definition) is 3. The maximum absolute atomic E-state index is 4.47. The number of piperidine rings is 1. The van der Waals surface area contributed by atoms with Crippen LogP contribution in [-0.2, 0) is 0 Å². The van der Waals surface area contributed by atoms with Crippen molar-refractivity contribution in [2.45, 2.75) is 31.7 Å². The second-order valence-corrected chi connectivity index (χ2v) is 4.64. The van der Waals surface area contributed by atoms with Crippen LogP contribution in [0.4, 0.5) is 0 Å². The van der Waals surface area contributed by atoms with Crippen molar-refractivity contribution in [2.75, 3.05) is 18.8 Å². The minimum atomic E-state index is 0.725. The highest BCUT2D eigenvalue weighted by atomic mass is 32.2. The molecule has 2 aliphatic rings. The molecule has 0 aromatic heterocycles. The van der Waals surface area contributed by atoms with E-state index in [4.69, 9.17) is 0 Å². The van der Waals surface area contributed by atoms with Crippen molar-refractivity contribution < 1.29 is 0 Å². The summed E-state index contributed by atoms with van der Waals surface area (Å²) in [5.41, 5.74) is 0. The summed E-state index contributed by atoms with van der Waals surface area (Å²) < 4.78 is 0. The quantitative estimate of drug-likeness (QED) is 0.706. The van der Waals surface area contributed by atoms with E-state index in [1.165, 1.54) is 43.0 Å². The Labute approximate surface area is 78.2 Å². The summed E-state index contributed by atoms with van der Waals surface area (Å²) in [4.78, 5) is 4.47. The Morgan fingerprint density at radius 1 is 1.50 bits per heavy atom. The van der Waals surface area contributed by atoms with Crippen LogP contribution in [-0.4, -0.2) is 29.9 Å². The summed E-state index contributed by atoms with van der Waals surface area (Å²) in [5, 5.41) is 4.94. The average molecular weight is 184 g/mol. The molecule has 1 fully saturated rings. The molecule has 0 amide bonds. The van der Waals surface area contributed by atoms with Gasteiger partial charge in [0.15, 0.2) is 0 Å². The van der Waals surface area contributed by atoms with Gasteiger partial charge in [0.1, 0.15) is 0 Å². The molecule has 0 radical (unpaired) electrons. The predicted molar refractivity (Wildman–Crippen MR) is 55.0 cm³/mol. The SMILES string of the molecule is C1CCC(CC2=NCCS2)NC1. The van der Waals surface area contributed by atoms with Gasteiger partial charge >= 0.3 is 0 Å². The molecule has 68 valence electrons. The van der Waals surface area contributed by atoms with Crippen LogP contribution in [0.3, 0.4) is 0 Å². The van der Waals surface area contributed by atoms with Gasteiger partial charge in [-0.15, -0.1) is 11.8 Å². The van der Waals surface area contributed by atoms with Gasteiger partial charge in [0.2, 0.25) is 0 Å². The third-order valence-electron chi connectivity index (χ3n) is 2.48. The molecule has 1 unspecified atom stereocenters. The first kappa shape index (κ1) is 8.57. The molecule has 0 spiro atoms. The van der Waals surface area contributed by atoms with E-state index >= 15 is 0 Å². The van der Waals surface area contributed by atoms with Crippen molar-refractivity contribution in [3.05, 3.63) is 0 Å². The fourth-order valence-corrected chi connectivity index (χ4v) is 2.73. The number of hydrogen-bond donors (Lipinski definition) is 1. The van der Waals surface area contributed by atoms with E-state index in [-0.39, 0.29) is 0 Å². The smallest absolute Gasteiger partial charge is 0.0692 e. The molecule has 0 bridgehead atoms. The van der Waals surface area contributed by atoms with Gasteiger partial charge in [0.25, 0.3) is 0 Å². The maximum atomic E-state index is 4.47. The van der Waals surface area contributed by atoms with Gasteiger partial charge in [-0.25, -0.2) is 0 Å². The zero-order valence-electron chi connectivity index (χ0n) is 7.38. The van der Waals surface area contributed by atoms with Crippen molar-refractivity contribution in [2.24, 2.45) is 4.99 Å². The molecule has 0 aromatic rings. The topological polar surface area (TPSA) is 24.4 Å². The molecular weight excluding hydrogens is 168 g/mol. The molecule has 1 N–H and O–H groups in total. The molecule has 2 rings (SSSR count). The van der Waals surface area contributed by atoms with E-state index in [9.17, 15) is 0 Å². The third kappa shape index (κ3) is 2.23. The fraction of sp³-hybridized carbons (Fsp3) is 0.889. The van der Waals surface area contributed by atoms with Crippen molar-refractivity contribution in [1.29, 1.82) is 0 Å². The van der Waals surface area contributed by atoms with Crippen LogP contribution in [0.15, 0.2) is 4.99 Å². The van der Waals surface area contributed by atoms with Gasteiger partial charge in [-0.2, -0.15) is 0 Å². The summed E-state index contributed by atoms with van der Waals surface area (Å²) in [6.45, 7) is 2.26. The molecule has 3 heteroatoms. The molecule has 1 atom stereocenters. The first-order valence-corrected chi connectivity index (χ1v) is 5.83. The van der Waals surface area contributed by atoms with E-state index < -0.39 is 0 Å². The van der Waals surface area contributed by atoms with Crippen LogP contribution in [0, 0.1) is 0 Å². The highest BCUT2D eigenvalue weighted by Crippen LogP contribution is 2.19. The first-order valence-electron chi connectivity index (χ1n) is 4.84. The zero-order chi connectivity index (χ0) is 8.23. The Balaban J connectivity index is 1.77. The van der Waals surface area contributed by atoms with Gasteiger partial charge in [0.05, 0.1) is 5.04 Å². The second kappa shape index (κ2) is 4.28. The molecule has 0 aromatic carbocycles. The molecule has 12 heavy (non-hydrogen) atoms. The highest BCUT2D eigenvalue weighted by Gasteiger charge is 2.16. The van der Waals surface area contributed by atoms with Crippen LogP contribution in [0.5, 0.6) is 0 Å². The maximum Gasteiger partial charge on any atom is 0.0692 e. The van der Waals surface area contributed by atoms with Gasteiger partial charge in [0, 0.05) is 24.8 Å². The third-order valence-corrected chi connectivity index (χ3v) is 3.50. The number of nitrogens with zero attached hydrogens (tertiary/aromatic N) is 1. The standard InChI is InChI=1S/C9H16N2S/c1-2-4-10-8(3-1)7-9-11-5-6-12-9/h8,10H,1-7H2. The van der Waals surface area contributed by atoms with Crippen LogP contribution in [0.25, 0.3) is 0 Å². The summed E-state index contributed by atoms with van der Waals surface area (Å²) in [5.74, 6) is 1.21. The van der Waals surface area contributed by atoms with Crippen LogP contribution >= 0.6 is 11.8 Å².